The van der Waals surface area contributed by atoms with E-state index in [-0.39, 0.29) is 19.1 Å². The van der Waals surface area contributed by atoms with E-state index in [0.717, 1.165) is 109 Å². The molecule has 0 fully saturated rings. The van der Waals surface area contributed by atoms with Gasteiger partial charge in [-0.1, -0.05) is 360 Å². The van der Waals surface area contributed by atoms with Crippen LogP contribution in [0.25, 0.3) is 0 Å². The van der Waals surface area contributed by atoms with Crippen LogP contribution in [0.3, 0.4) is 0 Å². The number of nitrogens with zero attached hydrogens (tertiary/aromatic N) is 1. The lowest BCUT2D eigenvalue weighted by molar-refractivity contribution is -0.870. The lowest BCUT2D eigenvalue weighted by Crippen LogP contribution is -2.45. The number of aliphatic hydroxyl groups is 1. The molecule has 2 N–H and O–H groups in total. The van der Waals surface area contributed by atoms with E-state index < -0.39 is 20.0 Å². The molecule has 0 aromatic heterocycles. The van der Waals surface area contributed by atoms with Crippen LogP contribution in [0.1, 0.15) is 335 Å². The Morgan fingerprint density at radius 2 is 0.678 bits per heavy atom. The molecule has 0 heterocycles. The van der Waals surface area contributed by atoms with Crippen LogP contribution in [0.4, 0.5) is 0 Å². The summed E-state index contributed by atoms with van der Waals surface area (Å²) in [5, 5.41) is 14.0. The van der Waals surface area contributed by atoms with Crippen molar-refractivity contribution in [2.45, 2.75) is 347 Å². The van der Waals surface area contributed by atoms with Gasteiger partial charge in [-0.2, -0.15) is 0 Å². The van der Waals surface area contributed by atoms with Gasteiger partial charge in [-0.15, -0.1) is 0 Å². The Morgan fingerprint density at radius 3 is 0.989 bits per heavy atom. The zero-order valence-electron chi connectivity index (χ0n) is 59.6. The summed E-state index contributed by atoms with van der Waals surface area (Å²) in [6.45, 7) is 4.56. The summed E-state index contributed by atoms with van der Waals surface area (Å²) in [6.07, 6.45) is 105. The molecule has 0 aliphatic rings. The van der Waals surface area contributed by atoms with Crippen LogP contribution >= 0.6 is 7.82 Å². The van der Waals surface area contributed by atoms with E-state index in [0.29, 0.717) is 17.4 Å². The second kappa shape index (κ2) is 70.2. The summed E-state index contributed by atoms with van der Waals surface area (Å²) >= 11 is 0. The Morgan fingerprint density at radius 1 is 0.400 bits per heavy atom. The Hall–Kier alpha value is -3.10. The fourth-order valence-corrected chi connectivity index (χ4v) is 11.6. The van der Waals surface area contributed by atoms with Crippen LogP contribution in [0.5, 0.6) is 0 Å². The molecular formula is C81H145N2O6P. The Bertz CT molecular complexity index is 1890. The monoisotopic (exact) mass is 1270 g/mol. The van der Waals surface area contributed by atoms with Gasteiger partial charge in [-0.05, 0) is 89.9 Å². The molecule has 0 saturated heterocycles. The van der Waals surface area contributed by atoms with E-state index in [9.17, 15) is 19.4 Å². The van der Waals surface area contributed by atoms with E-state index in [2.05, 4.69) is 129 Å². The SMILES string of the molecule is CC/C=C\C/C=C\C/C=C\C/C=C\C/C=C\C/C=C\C/C=C\C/C=C\C/C=C\CCCCCCCCCCCC(=O)NC(COP(=O)([O-])OCC[N+](C)(C)C)C(O)/C=C/CCCCCCCCCCCCCCCCCCCCCCCCCCCCCCC. The molecule has 3 unspecified atom stereocenters. The third-order valence-corrected chi connectivity index (χ3v) is 17.6. The van der Waals surface area contributed by atoms with Crippen molar-refractivity contribution in [1.29, 1.82) is 0 Å². The fourth-order valence-electron chi connectivity index (χ4n) is 10.9. The highest BCUT2D eigenvalue weighted by Gasteiger charge is 2.23. The molecule has 0 aliphatic carbocycles. The van der Waals surface area contributed by atoms with Gasteiger partial charge in [-0.25, -0.2) is 0 Å². The average molecular weight is 1270 g/mol. The van der Waals surface area contributed by atoms with E-state index >= 15 is 0 Å². The van der Waals surface area contributed by atoms with Crippen molar-refractivity contribution in [3.05, 3.63) is 122 Å². The van der Waals surface area contributed by atoms with Gasteiger partial charge in [0, 0.05) is 6.42 Å². The number of rotatable bonds is 69. The number of aliphatic hydroxyl groups excluding tert-OH is 1. The topological polar surface area (TPSA) is 108 Å². The molecule has 0 aromatic carbocycles. The zero-order valence-corrected chi connectivity index (χ0v) is 60.5. The first-order valence-electron chi connectivity index (χ1n) is 37.9. The first kappa shape index (κ1) is 86.9. The average Bonchev–Trinajstić information content (AvgIpc) is 3.18. The molecule has 1 amide bonds. The van der Waals surface area contributed by atoms with Gasteiger partial charge in [0.1, 0.15) is 13.2 Å². The lowest BCUT2D eigenvalue weighted by Gasteiger charge is -2.29. The van der Waals surface area contributed by atoms with Crippen molar-refractivity contribution in [3.8, 4) is 0 Å². The van der Waals surface area contributed by atoms with Crippen LogP contribution in [0.15, 0.2) is 122 Å². The number of unbranched alkanes of at least 4 members (excludes halogenated alkanes) is 38. The molecule has 0 rings (SSSR count). The van der Waals surface area contributed by atoms with Crippen molar-refractivity contribution in [2.24, 2.45) is 0 Å². The summed E-state index contributed by atoms with van der Waals surface area (Å²) in [5.74, 6) is -0.204. The number of phosphoric ester groups is 1. The van der Waals surface area contributed by atoms with Gasteiger partial charge >= 0.3 is 0 Å². The first-order chi connectivity index (χ1) is 44.0. The number of carbonyl (C=O) groups excluding carboxylic acids is 1. The van der Waals surface area contributed by atoms with Gasteiger partial charge < -0.3 is 28.8 Å². The molecule has 3 atom stereocenters. The van der Waals surface area contributed by atoms with E-state index in [1.54, 1.807) is 6.08 Å². The fraction of sp³-hybridized carbons (Fsp3) is 0.741. The number of amides is 1. The van der Waals surface area contributed by atoms with Crippen molar-refractivity contribution in [3.63, 3.8) is 0 Å². The van der Waals surface area contributed by atoms with Crippen molar-refractivity contribution in [1.82, 2.24) is 5.32 Å². The lowest BCUT2D eigenvalue weighted by atomic mass is 10.0. The number of nitrogens with one attached hydrogen (secondary N) is 1. The number of likely N-dealkylation sites (N-methyl/N-ethyl adjacent to an activating group) is 1. The Balaban J connectivity index is 4.10. The molecule has 0 aliphatic heterocycles. The van der Waals surface area contributed by atoms with E-state index in [1.807, 2.05) is 27.2 Å². The molecule has 0 saturated carbocycles. The van der Waals surface area contributed by atoms with Crippen LogP contribution < -0.4 is 10.2 Å². The number of quaternary nitrogens is 1. The van der Waals surface area contributed by atoms with Crippen molar-refractivity contribution < 1.29 is 32.9 Å². The molecule has 90 heavy (non-hydrogen) atoms. The van der Waals surface area contributed by atoms with E-state index in [4.69, 9.17) is 9.05 Å². The van der Waals surface area contributed by atoms with Crippen LogP contribution in [0.2, 0.25) is 0 Å². The van der Waals surface area contributed by atoms with Gasteiger partial charge in [0.25, 0.3) is 7.82 Å². The first-order valence-corrected chi connectivity index (χ1v) is 39.4. The standard InChI is InChI=1S/C81H145N2O6P/c1-6-8-10-12-14-16-18-20-22-24-26-28-30-32-34-36-38-39-40-41-42-43-45-47-49-51-53-55-57-59-61-63-65-67-69-71-73-75-81(85)82-79(78-89-90(86,87)88-77-76-83(3,4)5)80(84)74-72-70-68-66-64-62-60-58-56-54-52-50-48-46-44-37-35-33-31-29-27-25-23-21-19-17-15-13-11-9-7-2/h8,10,14,16,20,22,26,28,32,34,38-39,41-42,45,47,51,53,72,74,79-80,84H,6-7,9,11-13,15,17-19,21,23-25,27,29-31,33,35-37,40,43-44,46,48-50,52,54-71,73,75-78H2,1-5H3,(H-,82,85,86,87)/b10-8-,16-14-,22-20-,28-26-,34-32-,39-38-,42-41-,47-45-,53-51-,74-72+. The highest BCUT2D eigenvalue weighted by molar-refractivity contribution is 7.45. The van der Waals surface area contributed by atoms with Crippen LogP contribution in [0, 0.1) is 0 Å². The van der Waals surface area contributed by atoms with Gasteiger partial charge in [-0.3, -0.25) is 9.36 Å². The smallest absolute Gasteiger partial charge is 0.268 e. The number of phosphoric acid groups is 1. The third kappa shape index (κ3) is 72.3. The molecular weight excluding hydrogens is 1130 g/mol. The normalized spacial score (nSPS) is 14.3. The quantitative estimate of drug-likeness (QED) is 0.0272. The molecule has 0 bridgehead atoms. The summed E-state index contributed by atoms with van der Waals surface area (Å²) < 4.78 is 23.5. The highest BCUT2D eigenvalue weighted by Crippen LogP contribution is 2.38. The molecule has 0 radical (unpaired) electrons. The van der Waals surface area contributed by atoms with Crippen LogP contribution in [-0.2, 0) is 18.4 Å². The van der Waals surface area contributed by atoms with Gasteiger partial charge in [0.2, 0.25) is 5.91 Å². The van der Waals surface area contributed by atoms with Crippen LogP contribution in [-0.4, -0.2) is 68.5 Å². The predicted octanol–water partition coefficient (Wildman–Crippen LogP) is 24.1. The Kier molecular flexibility index (Phi) is 67.8. The number of carbonyl (C=O) groups is 1. The minimum absolute atomic E-state index is 0.00708. The minimum atomic E-state index is -4.62. The summed E-state index contributed by atoms with van der Waals surface area (Å²) in [5.41, 5.74) is 0. The molecule has 0 aromatic rings. The minimum Gasteiger partial charge on any atom is -0.756 e. The van der Waals surface area contributed by atoms with E-state index in [1.165, 1.54) is 205 Å². The second-order valence-corrected chi connectivity index (χ2v) is 28.0. The maximum Gasteiger partial charge on any atom is 0.268 e. The second-order valence-electron chi connectivity index (χ2n) is 26.6. The van der Waals surface area contributed by atoms with Crippen molar-refractivity contribution in [2.75, 3.05) is 40.9 Å². The molecule has 8 nitrogen and oxygen atoms in total. The predicted molar refractivity (Wildman–Crippen MR) is 394 cm³/mol. The number of allylic oxidation sites excluding steroid dienone is 19. The molecule has 9 heteroatoms. The molecule has 0 spiro atoms. The summed E-state index contributed by atoms with van der Waals surface area (Å²) in [7, 11) is 1.25. The maximum atomic E-state index is 13.1. The zero-order chi connectivity index (χ0) is 65.5. The van der Waals surface area contributed by atoms with Gasteiger partial charge in [0.05, 0.1) is 39.9 Å². The maximum absolute atomic E-state index is 13.1. The number of hydrogen-bond acceptors (Lipinski definition) is 6. The largest absolute Gasteiger partial charge is 0.756 e. The molecule has 520 valence electrons. The third-order valence-electron chi connectivity index (χ3n) is 16.7. The summed E-state index contributed by atoms with van der Waals surface area (Å²) in [4.78, 5) is 25.7. The summed E-state index contributed by atoms with van der Waals surface area (Å²) in [6, 6.07) is -0.900. The highest BCUT2D eigenvalue weighted by atomic mass is 31.2. The van der Waals surface area contributed by atoms with Crippen molar-refractivity contribution >= 4 is 13.7 Å². The van der Waals surface area contributed by atoms with Gasteiger partial charge in [0.15, 0.2) is 0 Å². The Labute approximate surface area is 558 Å². The number of hydrogen-bond donors (Lipinski definition) is 2.